The number of hydrogen-bond donors (Lipinski definition) is 0. The number of carbonyl (C=O) groups is 2. The van der Waals surface area contributed by atoms with Gasteiger partial charge in [-0.15, -0.1) is 0 Å². The minimum Gasteiger partial charge on any atom is -0.457 e. The van der Waals surface area contributed by atoms with Gasteiger partial charge in [-0.05, 0) is 81.4 Å². The Balaban J connectivity index is 1.42. The van der Waals surface area contributed by atoms with Crippen LogP contribution in [0.25, 0.3) is 11.3 Å². The van der Waals surface area contributed by atoms with E-state index in [1.807, 2.05) is 32.9 Å². The van der Waals surface area contributed by atoms with Crippen molar-refractivity contribution < 1.29 is 23.5 Å². The molecule has 2 heterocycles. The smallest absolute Gasteiger partial charge is 0.410 e. The number of hydrogen-bond acceptors (Lipinski definition) is 5. The zero-order chi connectivity index (χ0) is 25.9. The van der Waals surface area contributed by atoms with Crippen molar-refractivity contribution in [3.8, 4) is 22.8 Å². The Morgan fingerprint density at radius 1 is 0.889 bits per heavy atom. The van der Waals surface area contributed by atoms with Crippen LogP contribution in [0.1, 0.15) is 31.3 Å². The van der Waals surface area contributed by atoms with Crippen LogP contribution >= 0.6 is 11.6 Å². The molecular formula is C27H27ClFN3O4. The molecule has 1 fully saturated rings. The first-order valence-electron chi connectivity index (χ1n) is 11.6. The van der Waals surface area contributed by atoms with Gasteiger partial charge in [0.25, 0.3) is 5.91 Å². The maximum absolute atomic E-state index is 13.1. The third-order valence-corrected chi connectivity index (χ3v) is 5.65. The van der Waals surface area contributed by atoms with Crippen LogP contribution in [0.4, 0.5) is 9.18 Å². The molecule has 188 valence electrons. The zero-order valence-electron chi connectivity index (χ0n) is 20.3. The van der Waals surface area contributed by atoms with Crippen LogP contribution in [-0.4, -0.2) is 58.6 Å². The first kappa shape index (κ1) is 25.4. The number of benzene rings is 2. The fraction of sp³-hybridized carbons (Fsp3) is 0.296. The summed E-state index contributed by atoms with van der Waals surface area (Å²) in [5, 5.41) is 0.391. The number of halogens is 2. The second-order valence-electron chi connectivity index (χ2n) is 9.40. The van der Waals surface area contributed by atoms with Crippen LogP contribution in [0.15, 0.2) is 60.7 Å². The van der Waals surface area contributed by atoms with Gasteiger partial charge < -0.3 is 19.3 Å². The summed E-state index contributed by atoms with van der Waals surface area (Å²) in [7, 11) is 0. The molecular weight excluding hydrogens is 485 g/mol. The minimum absolute atomic E-state index is 0.231. The van der Waals surface area contributed by atoms with Crippen molar-refractivity contribution in [2.75, 3.05) is 26.2 Å². The van der Waals surface area contributed by atoms with Gasteiger partial charge in [0, 0.05) is 36.8 Å². The second kappa shape index (κ2) is 10.5. The fourth-order valence-electron chi connectivity index (χ4n) is 3.67. The van der Waals surface area contributed by atoms with Crippen molar-refractivity contribution in [3.63, 3.8) is 0 Å². The number of carbonyl (C=O) groups excluding carboxylic acids is 2. The van der Waals surface area contributed by atoms with Crippen LogP contribution < -0.4 is 4.74 Å². The molecule has 9 heteroatoms. The molecule has 0 radical (unpaired) electrons. The lowest BCUT2D eigenvalue weighted by molar-refractivity contribution is 0.0140. The van der Waals surface area contributed by atoms with Gasteiger partial charge in [0.1, 0.15) is 28.6 Å². The van der Waals surface area contributed by atoms with E-state index in [0.717, 1.165) is 5.56 Å². The van der Waals surface area contributed by atoms with E-state index in [4.69, 9.17) is 21.1 Å². The van der Waals surface area contributed by atoms with E-state index in [-0.39, 0.29) is 23.5 Å². The summed E-state index contributed by atoms with van der Waals surface area (Å²) in [6.07, 6.45) is -0.385. The highest BCUT2D eigenvalue weighted by Gasteiger charge is 2.28. The number of rotatable bonds is 4. The lowest BCUT2D eigenvalue weighted by Crippen LogP contribution is -2.51. The second-order valence-corrected chi connectivity index (χ2v) is 9.83. The van der Waals surface area contributed by atoms with E-state index in [0.29, 0.717) is 48.4 Å². The van der Waals surface area contributed by atoms with Crippen LogP contribution in [0, 0.1) is 5.82 Å². The number of piperazine rings is 1. The molecule has 0 bridgehead atoms. The van der Waals surface area contributed by atoms with E-state index >= 15 is 0 Å². The lowest BCUT2D eigenvalue weighted by atomic mass is 10.1. The predicted octanol–water partition coefficient (Wildman–Crippen LogP) is 6.03. The van der Waals surface area contributed by atoms with Crippen molar-refractivity contribution in [2.24, 2.45) is 0 Å². The predicted molar refractivity (Wildman–Crippen MR) is 135 cm³/mol. The summed E-state index contributed by atoms with van der Waals surface area (Å²) in [4.78, 5) is 33.2. The van der Waals surface area contributed by atoms with Crippen LogP contribution in [0.3, 0.4) is 0 Å². The molecule has 2 aromatic carbocycles. The number of amides is 2. The standard InChI is InChI=1S/C27H27ClFN3O4/c1-27(2,3)36-26(34)32-14-12-31(13-15-32)25(33)24-17-19(28)16-23(30-24)18-4-8-21(9-5-18)35-22-10-6-20(29)7-11-22/h4-11,16-17H,12-15H2,1-3H3. The number of aromatic nitrogens is 1. The molecule has 0 N–H and O–H groups in total. The first-order chi connectivity index (χ1) is 17.1. The van der Waals surface area contributed by atoms with E-state index in [2.05, 4.69) is 4.98 Å². The summed E-state index contributed by atoms with van der Waals surface area (Å²) in [6, 6.07) is 16.1. The van der Waals surface area contributed by atoms with E-state index in [9.17, 15) is 14.0 Å². The number of nitrogens with zero attached hydrogens (tertiary/aromatic N) is 3. The average Bonchev–Trinajstić information content (AvgIpc) is 2.84. The topological polar surface area (TPSA) is 72.0 Å². The third-order valence-electron chi connectivity index (χ3n) is 5.43. The van der Waals surface area contributed by atoms with Gasteiger partial charge in [0.2, 0.25) is 0 Å². The Bertz CT molecular complexity index is 1240. The summed E-state index contributed by atoms with van der Waals surface area (Å²) in [5.74, 6) is 0.509. The van der Waals surface area contributed by atoms with Crippen molar-refractivity contribution in [1.29, 1.82) is 0 Å². The van der Waals surface area contributed by atoms with Gasteiger partial charge in [-0.2, -0.15) is 0 Å². The largest absolute Gasteiger partial charge is 0.457 e. The van der Waals surface area contributed by atoms with E-state index < -0.39 is 5.60 Å². The number of ether oxygens (including phenoxy) is 2. The minimum atomic E-state index is -0.573. The highest BCUT2D eigenvalue weighted by Crippen LogP contribution is 2.27. The molecule has 4 rings (SSSR count). The molecule has 1 aliphatic rings. The Hall–Kier alpha value is -3.65. The summed E-state index contributed by atoms with van der Waals surface area (Å²) >= 11 is 6.32. The SMILES string of the molecule is CC(C)(C)OC(=O)N1CCN(C(=O)c2cc(Cl)cc(-c3ccc(Oc4ccc(F)cc4)cc3)n2)CC1. The Morgan fingerprint density at radius 3 is 2.03 bits per heavy atom. The van der Waals surface area contributed by atoms with Gasteiger partial charge in [-0.25, -0.2) is 14.2 Å². The monoisotopic (exact) mass is 511 g/mol. The Kier molecular flexibility index (Phi) is 7.45. The Labute approximate surface area is 214 Å². The van der Waals surface area contributed by atoms with Crippen molar-refractivity contribution in [1.82, 2.24) is 14.8 Å². The molecule has 7 nitrogen and oxygen atoms in total. The Morgan fingerprint density at radius 2 is 1.44 bits per heavy atom. The normalized spacial score (nSPS) is 13.9. The van der Waals surface area contributed by atoms with Gasteiger partial charge in [-0.3, -0.25) is 4.79 Å². The lowest BCUT2D eigenvalue weighted by Gasteiger charge is -2.35. The summed E-state index contributed by atoms with van der Waals surface area (Å²) in [6.45, 7) is 6.96. The van der Waals surface area contributed by atoms with Gasteiger partial charge in [0.15, 0.2) is 0 Å². The molecule has 0 spiro atoms. The molecule has 0 saturated carbocycles. The van der Waals surface area contributed by atoms with E-state index in [1.165, 1.54) is 12.1 Å². The van der Waals surface area contributed by atoms with Crippen molar-refractivity contribution >= 4 is 23.6 Å². The van der Waals surface area contributed by atoms with Crippen LogP contribution in [0.5, 0.6) is 11.5 Å². The molecule has 0 atom stereocenters. The fourth-order valence-corrected chi connectivity index (χ4v) is 3.87. The average molecular weight is 512 g/mol. The molecule has 36 heavy (non-hydrogen) atoms. The molecule has 2 amide bonds. The quantitative estimate of drug-likeness (QED) is 0.428. The maximum atomic E-state index is 13.1. The van der Waals surface area contributed by atoms with Gasteiger partial charge in [-0.1, -0.05) is 11.6 Å². The molecule has 0 unspecified atom stereocenters. The van der Waals surface area contributed by atoms with Crippen LogP contribution in [-0.2, 0) is 4.74 Å². The molecule has 0 aliphatic carbocycles. The number of pyridine rings is 1. The van der Waals surface area contributed by atoms with Gasteiger partial charge in [0.05, 0.1) is 5.69 Å². The highest BCUT2D eigenvalue weighted by atomic mass is 35.5. The van der Waals surface area contributed by atoms with Gasteiger partial charge >= 0.3 is 6.09 Å². The molecule has 3 aromatic rings. The molecule has 1 aliphatic heterocycles. The summed E-state index contributed by atoms with van der Waals surface area (Å²) in [5.41, 5.74) is 0.963. The summed E-state index contributed by atoms with van der Waals surface area (Å²) < 4.78 is 24.2. The molecule has 1 saturated heterocycles. The van der Waals surface area contributed by atoms with Crippen molar-refractivity contribution in [2.45, 2.75) is 26.4 Å². The first-order valence-corrected chi connectivity index (χ1v) is 11.9. The maximum Gasteiger partial charge on any atom is 0.410 e. The van der Waals surface area contributed by atoms with Crippen LogP contribution in [0.2, 0.25) is 5.02 Å². The van der Waals surface area contributed by atoms with Crippen molar-refractivity contribution in [3.05, 3.63) is 77.2 Å². The highest BCUT2D eigenvalue weighted by molar-refractivity contribution is 6.31. The zero-order valence-corrected chi connectivity index (χ0v) is 21.1. The van der Waals surface area contributed by atoms with E-state index in [1.54, 1.807) is 46.2 Å². The molecule has 1 aromatic heterocycles. The third kappa shape index (κ3) is 6.51.